The predicted molar refractivity (Wildman–Crippen MR) is 74.8 cm³/mol. The van der Waals surface area contributed by atoms with E-state index in [2.05, 4.69) is 29.7 Å². The van der Waals surface area contributed by atoms with Gasteiger partial charge in [-0.3, -0.25) is 0 Å². The number of hydrogen-bond donors (Lipinski definition) is 1. The average Bonchev–Trinajstić information content (AvgIpc) is 2.64. The summed E-state index contributed by atoms with van der Waals surface area (Å²) in [5.41, 5.74) is 4.43. The number of aromatic hydroxyl groups is 1. The maximum absolute atomic E-state index is 10.0. The molecule has 18 heavy (non-hydrogen) atoms. The summed E-state index contributed by atoms with van der Waals surface area (Å²) in [5, 5.41) is 11.1. The van der Waals surface area contributed by atoms with Crippen LogP contribution < -0.4 is 0 Å². The van der Waals surface area contributed by atoms with Crippen molar-refractivity contribution >= 4 is 10.9 Å². The van der Waals surface area contributed by atoms with E-state index in [1.165, 1.54) is 11.1 Å². The van der Waals surface area contributed by atoms with Gasteiger partial charge < -0.3 is 9.67 Å². The summed E-state index contributed by atoms with van der Waals surface area (Å²) in [6, 6.07) is 15.9. The lowest BCUT2D eigenvalue weighted by Crippen LogP contribution is -1.92. The molecule has 3 aromatic rings. The Bertz CT molecular complexity index is 711. The van der Waals surface area contributed by atoms with Crippen LogP contribution in [0, 0.1) is 6.92 Å². The minimum Gasteiger partial charge on any atom is -0.506 e. The summed E-state index contributed by atoms with van der Waals surface area (Å²) in [6.45, 7) is 2.10. The molecular weight excluding hydrogens is 222 g/mol. The molecule has 1 N–H and O–H groups in total. The van der Waals surface area contributed by atoms with Crippen LogP contribution in [0.3, 0.4) is 0 Å². The second kappa shape index (κ2) is 3.91. The minimum atomic E-state index is 0.334. The molecule has 0 atom stereocenters. The molecule has 2 aromatic carbocycles. The Morgan fingerprint density at radius 3 is 2.33 bits per heavy atom. The summed E-state index contributed by atoms with van der Waals surface area (Å²) in [6.07, 6.45) is 0. The number of hydrogen-bond acceptors (Lipinski definition) is 1. The number of benzene rings is 2. The second-order valence-corrected chi connectivity index (χ2v) is 4.57. The Balaban J connectivity index is 2.42. The van der Waals surface area contributed by atoms with E-state index >= 15 is 0 Å². The smallest absolute Gasteiger partial charge is 0.139 e. The van der Waals surface area contributed by atoms with Crippen LogP contribution in [0.4, 0.5) is 0 Å². The first-order valence-electron chi connectivity index (χ1n) is 6.02. The lowest BCUT2D eigenvalue weighted by atomic mass is 10.1. The summed E-state index contributed by atoms with van der Waals surface area (Å²) < 4.78 is 2.06. The van der Waals surface area contributed by atoms with Gasteiger partial charge in [0, 0.05) is 12.4 Å². The standard InChI is InChI=1S/C16H15NO/c1-11-13-9-6-10-14(18)16(13)17(2)15(11)12-7-4-3-5-8-12/h3-10,18H,1-2H3. The number of aromatic nitrogens is 1. The van der Waals surface area contributed by atoms with Crippen molar-refractivity contribution in [1.29, 1.82) is 0 Å². The fourth-order valence-corrected chi connectivity index (χ4v) is 2.68. The van der Waals surface area contributed by atoms with Crippen molar-refractivity contribution in [3.63, 3.8) is 0 Å². The number of phenolic OH excluding ortho intramolecular Hbond substituents is 1. The third-order valence-corrected chi connectivity index (χ3v) is 3.49. The summed E-state index contributed by atoms with van der Waals surface area (Å²) >= 11 is 0. The number of phenols is 1. The van der Waals surface area contributed by atoms with Gasteiger partial charge in [0.15, 0.2) is 0 Å². The molecule has 0 fully saturated rings. The largest absolute Gasteiger partial charge is 0.506 e. The number of aryl methyl sites for hydroxylation is 2. The van der Waals surface area contributed by atoms with Crippen LogP contribution in [-0.4, -0.2) is 9.67 Å². The topological polar surface area (TPSA) is 25.2 Å². The van der Waals surface area contributed by atoms with E-state index in [1.54, 1.807) is 6.07 Å². The van der Waals surface area contributed by atoms with E-state index < -0.39 is 0 Å². The molecular formula is C16H15NO. The van der Waals surface area contributed by atoms with E-state index in [9.17, 15) is 5.11 Å². The number of fused-ring (bicyclic) bond motifs is 1. The SMILES string of the molecule is Cc1c(-c2ccccc2)n(C)c2c(O)cccc12. The Morgan fingerprint density at radius 2 is 1.67 bits per heavy atom. The molecule has 0 radical (unpaired) electrons. The van der Waals surface area contributed by atoms with Crippen LogP contribution in [0.15, 0.2) is 48.5 Å². The Morgan fingerprint density at radius 1 is 0.944 bits per heavy atom. The van der Waals surface area contributed by atoms with Crippen molar-refractivity contribution in [2.45, 2.75) is 6.92 Å². The molecule has 0 aliphatic carbocycles. The predicted octanol–water partition coefficient (Wildman–Crippen LogP) is 3.86. The first-order valence-corrected chi connectivity index (χ1v) is 6.02. The zero-order valence-electron chi connectivity index (χ0n) is 10.5. The molecule has 1 aromatic heterocycles. The minimum absolute atomic E-state index is 0.334. The van der Waals surface area contributed by atoms with Crippen LogP contribution in [0.1, 0.15) is 5.56 Å². The summed E-state index contributed by atoms with van der Waals surface area (Å²) in [5.74, 6) is 0.334. The van der Waals surface area contributed by atoms with Crippen LogP contribution in [-0.2, 0) is 7.05 Å². The number of nitrogens with zero attached hydrogens (tertiary/aromatic N) is 1. The van der Waals surface area contributed by atoms with E-state index in [0.29, 0.717) is 5.75 Å². The van der Waals surface area contributed by atoms with E-state index in [-0.39, 0.29) is 0 Å². The first kappa shape index (κ1) is 10.9. The zero-order valence-corrected chi connectivity index (χ0v) is 10.5. The molecule has 0 aliphatic rings. The highest BCUT2D eigenvalue weighted by molar-refractivity contribution is 5.94. The van der Waals surface area contributed by atoms with Gasteiger partial charge in [0.2, 0.25) is 0 Å². The number of para-hydroxylation sites is 1. The monoisotopic (exact) mass is 237 g/mol. The quantitative estimate of drug-likeness (QED) is 0.683. The van der Waals surface area contributed by atoms with Gasteiger partial charge in [0.05, 0.1) is 11.2 Å². The van der Waals surface area contributed by atoms with Crippen LogP contribution in [0.2, 0.25) is 0 Å². The van der Waals surface area contributed by atoms with Crippen LogP contribution in [0.5, 0.6) is 5.75 Å². The molecule has 3 rings (SSSR count). The van der Waals surface area contributed by atoms with Gasteiger partial charge in [-0.15, -0.1) is 0 Å². The van der Waals surface area contributed by atoms with Gasteiger partial charge in [-0.25, -0.2) is 0 Å². The van der Waals surface area contributed by atoms with Crippen LogP contribution in [0.25, 0.3) is 22.2 Å². The molecule has 0 amide bonds. The molecule has 0 aliphatic heterocycles. The van der Waals surface area contributed by atoms with Crippen LogP contribution >= 0.6 is 0 Å². The third-order valence-electron chi connectivity index (χ3n) is 3.49. The Kier molecular flexibility index (Phi) is 2.37. The zero-order chi connectivity index (χ0) is 12.7. The van der Waals surface area contributed by atoms with Gasteiger partial charge in [0.25, 0.3) is 0 Å². The normalized spacial score (nSPS) is 11.0. The van der Waals surface area contributed by atoms with E-state index in [1.807, 2.05) is 31.3 Å². The lowest BCUT2D eigenvalue weighted by Gasteiger charge is -2.06. The van der Waals surface area contributed by atoms with Crippen molar-refractivity contribution in [3.05, 3.63) is 54.1 Å². The van der Waals surface area contributed by atoms with Crippen molar-refractivity contribution in [1.82, 2.24) is 4.57 Å². The highest BCUT2D eigenvalue weighted by Gasteiger charge is 2.15. The fraction of sp³-hybridized carbons (Fsp3) is 0.125. The van der Waals surface area contributed by atoms with Gasteiger partial charge >= 0.3 is 0 Å². The molecule has 0 unspecified atom stereocenters. The third kappa shape index (κ3) is 1.42. The molecule has 1 heterocycles. The molecule has 90 valence electrons. The summed E-state index contributed by atoms with van der Waals surface area (Å²) in [7, 11) is 2.00. The molecule has 0 saturated heterocycles. The maximum Gasteiger partial charge on any atom is 0.139 e. The van der Waals surface area contributed by atoms with Gasteiger partial charge in [-0.2, -0.15) is 0 Å². The Hall–Kier alpha value is -2.22. The van der Waals surface area contributed by atoms with E-state index in [0.717, 1.165) is 16.6 Å². The van der Waals surface area contributed by atoms with Crippen molar-refractivity contribution < 1.29 is 5.11 Å². The highest BCUT2D eigenvalue weighted by atomic mass is 16.3. The average molecular weight is 237 g/mol. The highest BCUT2D eigenvalue weighted by Crippen LogP contribution is 2.35. The lowest BCUT2D eigenvalue weighted by molar-refractivity contribution is 0.479. The van der Waals surface area contributed by atoms with Crippen molar-refractivity contribution in [2.24, 2.45) is 7.05 Å². The second-order valence-electron chi connectivity index (χ2n) is 4.57. The Labute approximate surface area is 106 Å². The fourth-order valence-electron chi connectivity index (χ4n) is 2.68. The first-order chi connectivity index (χ1) is 8.70. The molecule has 2 heteroatoms. The van der Waals surface area contributed by atoms with Gasteiger partial charge in [-0.1, -0.05) is 42.5 Å². The van der Waals surface area contributed by atoms with Gasteiger partial charge in [-0.05, 0) is 24.1 Å². The van der Waals surface area contributed by atoms with Crippen molar-refractivity contribution in [2.75, 3.05) is 0 Å². The number of rotatable bonds is 1. The molecule has 0 saturated carbocycles. The van der Waals surface area contributed by atoms with E-state index in [4.69, 9.17) is 0 Å². The van der Waals surface area contributed by atoms with Gasteiger partial charge in [0.1, 0.15) is 5.75 Å². The van der Waals surface area contributed by atoms with Crippen molar-refractivity contribution in [3.8, 4) is 17.0 Å². The summed E-state index contributed by atoms with van der Waals surface area (Å²) in [4.78, 5) is 0. The molecule has 2 nitrogen and oxygen atoms in total. The molecule has 0 bridgehead atoms. The maximum atomic E-state index is 10.0. The molecule has 0 spiro atoms.